The number of nitrogens with one attached hydrogen (secondary N) is 1. The van der Waals surface area contributed by atoms with E-state index in [1.165, 1.54) is 0 Å². The van der Waals surface area contributed by atoms with E-state index >= 15 is 0 Å². The van der Waals surface area contributed by atoms with Crippen LogP contribution in [0.1, 0.15) is 19.5 Å². The van der Waals surface area contributed by atoms with Crippen LogP contribution in [0.15, 0.2) is 42.6 Å². The molecule has 0 aliphatic rings. The first-order chi connectivity index (χ1) is 9.11. The average Bonchev–Trinajstić information content (AvgIpc) is 2.88. The first-order valence-corrected chi connectivity index (χ1v) is 6.46. The largest absolute Gasteiger partial charge is 0.377 e. The highest BCUT2D eigenvalue weighted by atomic mass is 16.5. The first kappa shape index (κ1) is 13.8. The zero-order valence-electron chi connectivity index (χ0n) is 11.8. The van der Waals surface area contributed by atoms with Crippen LogP contribution in [0.4, 0.5) is 0 Å². The molecule has 0 amide bonds. The van der Waals surface area contributed by atoms with Gasteiger partial charge in [-0.3, -0.25) is 0 Å². The molecular formula is C15H21N3O. The Hall–Kier alpha value is -1.65. The third-order valence-electron chi connectivity index (χ3n) is 3.07. The van der Waals surface area contributed by atoms with E-state index in [-0.39, 0.29) is 5.60 Å². The molecular weight excluding hydrogens is 238 g/mol. The Balaban J connectivity index is 1.92. The Morgan fingerprint density at radius 3 is 2.63 bits per heavy atom. The highest BCUT2D eigenvalue weighted by Gasteiger charge is 2.15. The van der Waals surface area contributed by atoms with Crippen LogP contribution < -0.4 is 5.32 Å². The van der Waals surface area contributed by atoms with Gasteiger partial charge in [-0.2, -0.15) is 5.10 Å². The summed E-state index contributed by atoms with van der Waals surface area (Å²) < 4.78 is 7.25. The fraction of sp³-hybridized carbons (Fsp3) is 0.400. The SMILES string of the molecule is COC(C)(C)CNCc1ccn(-c2ccccc2)n1. The molecule has 0 spiro atoms. The van der Waals surface area contributed by atoms with Gasteiger partial charge in [-0.05, 0) is 32.0 Å². The normalized spacial score (nSPS) is 11.7. The average molecular weight is 259 g/mol. The van der Waals surface area contributed by atoms with Gasteiger partial charge in [-0.25, -0.2) is 4.68 Å². The van der Waals surface area contributed by atoms with Gasteiger partial charge in [0.05, 0.1) is 17.0 Å². The number of hydrogen-bond acceptors (Lipinski definition) is 3. The lowest BCUT2D eigenvalue weighted by Crippen LogP contribution is -2.36. The van der Waals surface area contributed by atoms with E-state index in [4.69, 9.17) is 4.74 Å². The highest BCUT2D eigenvalue weighted by Crippen LogP contribution is 2.08. The third-order valence-corrected chi connectivity index (χ3v) is 3.07. The molecule has 2 rings (SSSR count). The lowest BCUT2D eigenvalue weighted by atomic mass is 10.1. The summed E-state index contributed by atoms with van der Waals surface area (Å²) in [4.78, 5) is 0. The maximum absolute atomic E-state index is 5.36. The number of aromatic nitrogens is 2. The molecule has 0 radical (unpaired) electrons. The van der Waals surface area contributed by atoms with Gasteiger partial charge in [-0.1, -0.05) is 18.2 Å². The van der Waals surface area contributed by atoms with Crippen molar-refractivity contribution in [1.82, 2.24) is 15.1 Å². The van der Waals surface area contributed by atoms with Gasteiger partial charge in [0.2, 0.25) is 0 Å². The van der Waals surface area contributed by atoms with Crippen molar-refractivity contribution in [3.8, 4) is 5.69 Å². The van der Waals surface area contributed by atoms with E-state index in [0.29, 0.717) is 0 Å². The minimum absolute atomic E-state index is 0.151. The molecule has 0 saturated heterocycles. The van der Waals surface area contributed by atoms with Crippen molar-refractivity contribution >= 4 is 0 Å². The van der Waals surface area contributed by atoms with E-state index in [2.05, 4.69) is 24.3 Å². The number of methoxy groups -OCH3 is 1. The van der Waals surface area contributed by atoms with Crippen molar-refractivity contribution in [2.45, 2.75) is 26.0 Å². The molecule has 4 nitrogen and oxygen atoms in total. The Morgan fingerprint density at radius 1 is 1.21 bits per heavy atom. The molecule has 1 aromatic carbocycles. The number of hydrogen-bond donors (Lipinski definition) is 1. The van der Waals surface area contributed by atoms with Gasteiger partial charge in [0.25, 0.3) is 0 Å². The molecule has 19 heavy (non-hydrogen) atoms. The van der Waals surface area contributed by atoms with Crippen molar-refractivity contribution in [3.63, 3.8) is 0 Å². The predicted molar refractivity (Wildman–Crippen MR) is 76.4 cm³/mol. The van der Waals surface area contributed by atoms with Crippen LogP contribution in [0.5, 0.6) is 0 Å². The lowest BCUT2D eigenvalue weighted by molar-refractivity contribution is 0.0230. The molecule has 0 fully saturated rings. The molecule has 0 bridgehead atoms. The van der Waals surface area contributed by atoms with Crippen LogP contribution in [0, 0.1) is 0 Å². The molecule has 0 atom stereocenters. The summed E-state index contributed by atoms with van der Waals surface area (Å²) >= 11 is 0. The van der Waals surface area contributed by atoms with Crippen LogP contribution in [0.3, 0.4) is 0 Å². The quantitative estimate of drug-likeness (QED) is 0.865. The Morgan fingerprint density at radius 2 is 1.95 bits per heavy atom. The minimum Gasteiger partial charge on any atom is -0.377 e. The predicted octanol–water partition coefficient (Wildman–Crippen LogP) is 2.39. The zero-order chi connectivity index (χ0) is 13.7. The maximum Gasteiger partial charge on any atom is 0.0766 e. The summed E-state index contributed by atoms with van der Waals surface area (Å²) in [7, 11) is 1.73. The van der Waals surface area contributed by atoms with Crippen molar-refractivity contribution in [3.05, 3.63) is 48.3 Å². The molecule has 0 saturated carbocycles. The van der Waals surface area contributed by atoms with E-state index in [1.807, 2.05) is 47.3 Å². The number of nitrogens with zero attached hydrogens (tertiary/aromatic N) is 2. The minimum atomic E-state index is -0.151. The van der Waals surface area contributed by atoms with Crippen molar-refractivity contribution < 1.29 is 4.74 Å². The molecule has 4 heteroatoms. The zero-order valence-corrected chi connectivity index (χ0v) is 11.8. The summed E-state index contributed by atoms with van der Waals surface area (Å²) in [5.41, 5.74) is 1.95. The Bertz CT molecular complexity index is 505. The van der Waals surface area contributed by atoms with Gasteiger partial charge < -0.3 is 10.1 Å². The molecule has 1 aromatic heterocycles. The van der Waals surface area contributed by atoms with E-state index in [9.17, 15) is 0 Å². The number of rotatable bonds is 6. The lowest BCUT2D eigenvalue weighted by Gasteiger charge is -2.22. The molecule has 102 valence electrons. The van der Waals surface area contributed by atoms with Gasteiger partial charge in [0.15, 0.2) is 0 Å². The van der Waals surface area contributed by atoms with Crippen LogP contribution in [0.25, 0.3) is 5.69 Å². The fourth-order valence-electron chi connectivity index (χ4n) is 1.74. The third kappa shape index (κ3) is 3.91. The summed E-state index contributed by atoms with van der Waals surface area (Å²) in [5.74, 6) is 0. The molecule has 0 aliphatic carbocycles. The second-order valence-electron chi connectivity index (χ2n) is 5.15. The van der Waals surface area contributed by atoms with Crippen LogP contribution in [0.2, 0.25) is 0 Å². The highest BCUT2D eigenvalue weighted by molar-refractivity contribution is 5.30. The van der Waals surface area contributed by atoms with E-state index in [1.54, 1.807) is 7.11 Å². The number of para-hydroxylation sites is 1. The van der Waals surface area contributed by atoms with Gasteiger partial charge in [-0.15, -0.1) is 0 Å². The smallest absolute Gasteiger partial charge is 0.0766 e. The Kier molecular flexibility index (Phi) is 4.35. The van der Waals surface area contributed by atoms with Crippen LogP contribution >= 0.6 is 0 Å². The van der Waals surface area contributed by atoms with Crippen LogP contribution in [-0.2, 0) is 11.3 Å². The van der Waals surface area contributed by atoms with Crippen molar-refractivity contribution in [2.24, 2.45) is 0 Å². The number of ether oxygens (including phenoxy) is 1. The monoisotopic (exact) mass is 259 g/mol. The standard InChI is InChI=1S/C15H21N3O/c1-15(2,19-3)12-16-11-13-9-10-18(17-13)14-7-5-4-6-8-14/h4-10,16H,11-12H2,1-3H3. The summed E-state index contributed by atoms with van der Waals surface area (Å²) in [6, 6.07) is 12.1. The van der Waals surface area contributed by atoms with Gasteiger partial charge >= 0.3 is 0 Å². The summed E-state index contributed by atoms with van der Waals surface area (Å²) in [6.45, 7) is 5.65. The summed E-state index contributed by atoms with van der Waals surface area (Å²) in [5, 5.41) is 7.90. The Labute approximate surface area is 114 Å². The molecule has 1 heterocycles. The van der Waals surface area contributed by atoms with Gasteiger partial charge in [0.1, 0.15) is 0 Å². The maximum atomic E-state index is 5.36. The second-order valence-corrected chi connectivity index (χ2v) is 5.15. The van der Waals surface area contributed by atoms with Crippen molar-refractivity contribution in [1.29, 1.82) is 0 Å². The van der Waals surface area contributed by atoms with Crippen LogP contribution in [-0.4, -0.2) is 29.0 Å². The second kappa shape index (κ2) is 5.99. The van der Waals surface area contributed by atoms with Gasteiger partial charge in [0, 0.05) is 26.4 Å². The van der Waals surface area contributed by atoms with E-state index < -0.39 is 0 Å². The van der Waals surface area contributed by atoms with Crippen molar-refractivity contribution in [2.75, 3.05) is 13.7 Å². The molecule has 0 aliphatic heterocycles. The summed E-state index contributed by atoms with van der Waals surface area (Å²) in [6.07, 6.45) is 1.98. The van der Waals surface area contributed by atoms with E-state index in [0.717, 1.165) is 24.5 Å². The molecule has 0 unspecified atom stereocenters. The topological polar surface area (TPSA) is 39.1 Å². The first-order valence-electron chi connectivity index (χ1n) is 6.46. The number of benzene rings is 1. The molecule has 2 aromatic rings. The fourth-order valence-corrected chi connectivity index (χ4v) is 1.74. The molecule has 1 N–H and O–H groups in total.